The molecule has 2 amide bonds. The normalized spacial score (nSPS) is 29.1. The summed E-state index contributed by atoms with van der Waals surface area (Å²) < 4.78 is 11.1. The van der Waals surface area contributed by atoms with Gasteiger partial charge < -0.3 is 14.4 Å². The van der Waals surface area contributed by atoms with Crippen molar-refractivity contribution in [2.45, 2.75) is 38.0 Å². The van der Waals surface area contributed by atoms with Gasteiger partial charge in [0.25, 0.3) is 0 Å². The van der Waals surface area contributed by atoms with Gasteiger partial charge in [-0.15, -0.1) is 0 Å². The summed E-state index contributed by atoms with van der Waals surface area (Å²) in [7, 11) is 1.56. The Morgan fingerprint density at radius 3 is 2.66 bits per heavy atom. The van der Waals surface area contributed by atoms with E-state index in [1.54, 1.807) is 31.4 Å². The maximum Gasteiger partial charge on any atom is 0.235 e. The van der Waals surface area contributed by atoms with Crippen LogP contribution in [0.4, 0.5) is 5.69 Å². The Hall–Kier alpha value is -3.45. The third-order valence-electron chi connectivity index (χ3n) is 7.88. The maximum atomic E-state index is 14.1. The lowest BCUT2D eigenvalue weighted by atomic mass is 9.85. The summed E-state index contributed by atoms with van der Waals surface area (Å²) in [5.74, 6) is -1.42. The number of imide groups is 1. The molecule has 4 heterocycles. The second kappa shape index (κ2) is 8.34. The van der Waals surface area contributed by atoms with Crippen LogP contribution >= 0.6 is 0 Å². The smallest absolute Gasteiger partial charge is 0.235 e. The second-order valence-corrected chi connectivity index (χ2v) is 9.78. The predicted octanol–water partition coefficient (Wildman–Crippen LogP) is 3.33. The zero-order valence-corrected chi connectivity index (χ0v) is 19.8. The van der Waals surface area contributed by atoms with Crippen molar-refractivity contribution in [2.24, 2.45) is 11.8 Å². The Morgan fingerprint density at radius 1 is 1.09 bits per heavy atom. The number of hydrogen-bond acceptors (Lipinski definition) is 6. The van der Waals surface area contributed by atoms with Crippen LogP contribution in [0.25, 0.3) is 5.57 Å². The van der Waals surface area contributed by atoms with Crippen LogP contribution in [0.3, 0.4) is 0 Å². The standard InChI is InChI=1S/C28H28N2O5/c1-16-13-22-23-24(28(33)29(27(23)32)15-19-9-6-12-35-19)25(30(22)21-11-4-3-10-20(16)21)26(31)17-7-5-8-18(14-17)34-2/h3-5,7-8,10-11,13-14,19,22-25H,6,9,12,15H2,1-2H3. The Labute approximate surface area is 204 Å². The van der Waals surface area contributed by atoms with Gasteiger partial charge in [0, 0.05) is 23.4 Å². The van der Waals surface area contributed by atoms with Crippen molar-refractivity contribution < 1.29 is 23.9 Å². The second-order valence-electron chi connectivity index (χ2n) is 9.78. The lowest BCUT2D eigenvalue weighted by Gasteiger charge is -2.38. The van der Waals surface area contributed by atoms with Gasteiger partial charge in [0.1, 0.15) is 11.8 Å². The van der Waals surface area contributed by atoms with Crippen molar-refractivity contribution in [1.29, 1.82) is 0 Å². The molecule has 2 aromatic carbocycles. The number of carbonyl (C=O) groups excluding carboxylic acids is 3. The van der Waals surface area contributed by atoms with E-state index in [1.807, 2.05) is 36.1 Å². The molecule has 3 fully saturated rings. The molecule has 2 aromatic rings. The van der Waals surface area contributed by atoms with Crippen LogP contribution in [0.5, 0.6) is 5.75 Å². The molecule has 7 heteroatoms. The van der Waals surface area contributed by atoms with E-state index in [9.17, 15) is 14.4 Å². The first kappa shape index (κ1) is 22.0. The number of carbonyl (C=O) groups is 3. The number of benzene rings is 2. The molecule has 6 rings (SSSR count). The molecule has 0 N–H and O–H groups in total. The van der Waals surface area contributed by atoms with Crippen molar-refractivity contribution >= 4 is 28.9 Å². The number of Topliss-reactive ketones (excluding diaryl/α,β-unsaturated/α-hetero) is 1. The minimum atomic E-state index is -0.784. The summed E-state index contributed by atoms with van der Waals surface area (Å²) in [4.78, 5) is 45.0. The number of ether oxygens (including phenoxy) is 2. The Kier molecular flexibility index (Phi) is 5.25. The van der Waals surface area contributed by atoms with E-state index >= 15 is 0 Å². The highest BCUT2D eigenvalue weighted by Gasteiger charge is 2.64. The minimum Gasteiger partial charge on any atom is -0.497 e. The summed E-state index contributed by atoms with van der Waals surface area (Å²) in [6.45, 7) is 2.93. The van der Waals surface area contributed by atoms with Crippen LogP contribution in [-0.2, 0) is 14.3 Å². The van der Waals surface area contributed by atoms with Crippen LogP contribution in [0, 0.1) is 11.8 Å². The molecule has 5 unspecified atom stereocenters. The fourth-order valence-electron chi connectivity index (χ4n) is 6.28. The van der Waals surface area contributed by atoms with E-state index in [0.717, 1.165) is 29.7 Å². The minimum absolute atomic E-state index is 0.130. The molecule has 0 radical (unpaired) electrons. The predicted molar refractivity (Wildman–Crippen MR) is 130 cm³/mol. The molecule has 35 heavy (non-hydrogen) atoms. The summed E-state index contributed by atoms with van der Waals surface area (Å²) >= 11 is 0. The number of methoxy groups -OCH3 is 1. The van der Waals surface area contributed by atoms with Crippen LogP contribution < -0.4 is 9.64 Å². The number of para-hydroxylation sites is 1. The lowest BCUT2D eigenvalue weighted by molar-refractivity contribution is -0.142. The third-order valence-corrected chi connectivity index (χ3v) is 7.88. The van der Waals surface area contributed by atoms with Crippen LogP contribution in [-0.4, -0.2) is 60.9 Å². The van der Waals surface area contributed by atoms with Gasteiger partial charge in [-0.3, -0.25) is 19.3 Å². The molecule has 4 aliphatic heterocycles. The van der Waals surface area contributed by atoms with E-state index in [0.29, 0.717) is 17.9 Å². The largest absolute Gasteiger partial charge is 0.497 e. The first-order chi connectivity index (χ1) is 17.0. The zero-order chi connectivity index (χ0) is 24.3. The molecule has 7 nitrogen and oxygen atoms in total. The fourth-order valence-corrected chi connectivity index (χ4v) is 6.28. The average molecular weight is 473 g/mol. The monoisotopic (exact) mass is 472 g/mol. The number of likely N-dealkylation sites (tertiary alicyclic amines) is 1. The topological polar surface area (TPSA) is 76.1 Å². The van der Waals surface area contributed by atoms with Gasteiger partial charge in [-0.1, -0.05) is 36.4 Å². The highest BCUT2D eigenvalue weighted by molar-refractivity contribution is 6.14. The molecule has 0 saturated carbocycles. The summed E-state index contributed by atoms with van der Waals surface area (Å²) in [5.41, 5.74) is 3.42. The number of ketones is 1. The fraction of sp³-hybridized carbons (Fsp3) is 0.393. The first-order valence-electron chi connectivity index (χ1n) is 12.2. The summed E-state index contributed by atoms with van der Waals surface area (Å²) in [6, 6.07) is 13.8. The highest BCUT2D eigenvalue weighted by atomic mass is 16.5. The van der Waals surface area contributed by atoms with Gasteiger partial charge in [0.15, 0.2) is 5.78 Å². The lowest BCUT2D eigenvalue weighted by Crippen LogP contribution is -2.49. The number of allylic oxidation sites excluding steroid dienone is 1. The van der Waals surface area contributed by atoms with E-state index < -0.39 is 17.9 Å². The van der Waals surface area contributed by atoms with Crippen LogP contribution in [0.1, 0.15) is 35.7 Å². The number of anilines is 1. The van der Waals surface area contributed by atoms with Crippen molar-refractivity contribution in [3.63, 3.8) is 0 Å². The van der Waals surface area contributed by atoms with Gasteiger partial charge in [0.2, 0.25) is 11.8 Å². The Morgan fingerprint density at radius 2 is 1.89 bits per heavy atom. The Balaban J connectivity index is 1.45. The van der Waals surface area contributed by atoms with Crippen molar-refractivity contribution in [3.05, 3.63) is 65.7 Å². The molecular weight excluding hydrogens is 444 g/mol. The number of amides is 2. The van der Waals surface area contributed by atoms with E-state index in [4.69, 9.17) is 9.47 Å². The van der Waals surface area contributed by atoms with Crippen molar-refractivity contribution in [1.82, 2.24) is 4.90 Å². The average Bonchev–Trinajstić information content (AvgIpc) is 3.57. The van der Waals surface area contributed by atoms with Crippen LogP contribution in [0.15, 0.2) is 54.6 Å². The van der Waals surface area contributed by atoms with Crippen molar-refractivity contribution in [2.75, 3.05) is 25.2 Å². The number of rotatable bonds is 5. The Bertz CT molecular complexity index is 1250. The maximum absolute atomic E-state index is 14.1. The molecule has 5 atom stereocenters. The molecule has 0 aromatic heterocycles. The molecular formula is C28H28N2O5. The number of hydrogen-bond donors (Lipinski definition) is 0. The van der Waals surface area contributed by atoms with E-state index in [2.05, 4.69) is 6.08 Å². The quantitative estimate of drug-likeness (QED) is 0.491. The molecule has 3 saturated heterocycles. The molecule has 0 bridgehead atoms. The molecule has 0 spiro atoms. The zero-order valence-electron chi connectivity index (χ0n) is 19.8. The highest BCUT2D eigenvalue weighted by Crippen LogP contribution is 2.50. The third kappa shape index (κ3) is 3.32. The molecule has 4 aliphatic rings. The molecule has 0 aliphatic carbocycles. The van der Waals surface area contributed by atoms with Gasteiger partial charge >= 0.3 is 0 Å². The van der Waals surface area contributed by atoms with E-state index in [1.165, 1.54) is 4.90 Å². The number of fused-ring (bicyclic) bond motifs is 5. The summed E-state index contributed by atoms with van der Waals surface area (Å²) in [6.07, 6.45) is 3.69. The number of nitrogens with zero attached hydrogens (tertiary/aromatic N) is 2. The SMILES string of the molecule is COc1cccc(C(=O)C2C3C(=O)N(CC4CCCO4)C(=O)C3C3C=C(C)c4ccccc4N32)c1. The van der Waals surface area contributed by atoms with Gasteiger partial charge in [0.05, 0.1) is 37.6 Å². The van der Waals surface area contributed by atoms with E-state index in [-0.39, 0.29) is 36.3 Å². The van der Waals surface area contributed by atoms with Gasteiger partial charge in [-0.05, 0) is 43.5 Å². The van der Waals surface area contributed by atoms with Crippen molar-refractivity contribution in [3.8, 4) is 5.75 Å². The van der Waals surface area contributed by atoms with Gasteiger partial charge in [-0.25, -0.2) is 0 Å². The van der Waals surface area contributed by atoms with Crippen LogP contribution in [0.2, 0.25) is 0 Å². The first-order valence-corrected chi connectivity index (χ1v) is 12.2. The summed E-state index contributed by atoms with van der Waals surface area (Å²) in [5, 5.41) is 0. The molecule has 180 valence electrons. The van der Waals surface area contributed by atoms with Gasteiger partial charge in [-0.2, -0.15) is 0 Å².